The van der Waals surface area contributed by atoms with Crippen molar-refractivity contribution in [3.8, 4) is 10.6 Å². The maximum absolute atomic E-state index is 12.5. The molecule has 0 aliphatic rings. The number of hydrogen-bond donors (Lipinski definition) is 1. The normalized spacial score (nSPS) is 10.6. The van der Waals surface area contributed by atoms with Crippen molar-refractivity contribution in [2.24, 2.45) is 0 Å². The van der Waals surface area contributed by atoms with Crippen molar-refractivity contribution < 1.29 is 9.59 Å². The Morgan fingerprint density at radius 2 is 1.62 bits per heavy atom. The van der Waals surface area contributed by atoms with Crippen LogP contribution in [-0.2, 0) is 6.42 Å². The number of rotatable bonds is 7. The third kappa shape index (κ3) is 4.90. The van der Waals surface area contributed by atoms with Crippen LogP contribution >= 0.6 is 11.3 Å². The predicted octanol–water partition coefficient (Wildman–Crippen LogP) is 5.11. The van der Waals surface area contributed by atoms with Gasteiger partial charge in [-0.2, -0.15) is 0 Å². The van der Waals surface area contributed by atoms with E-state index in [4.69, 9.17) is 0 Å². The molecule has 0 saturated carbocycles. The zero-order valence-corrected chi connectivity index (χ0v) is 17.8. The molecule has 1 N–H and O–H groups in total. The van der Waals surface area contributed by atoms with Crippen LogP contribution in [0.4, 0.5) is 5.69 Å². The van der Waals surface area contributed by atoms with E-state index in [1.54, 1.807) is 34.5 Å². The Morgan fingerprint density at radius 3 is 2.21 bits per heavy atom. The van der Waals surface area contributed by atoms with Gasteiger partial charge in [0.2, 0.25) is 0 Å². The highest BCUT2D eigenvalue weighted by Crippen LogP contribution is 2.24. The maximum Gasteiger partial charge on any atom is 0.275 e. The fourth-order valence-corrected chi connectivity index (χ4v) is 3.78. The molecule has 2 amide bonds. The molecule has 0 bridgehead atoms. The topological polar surface area (TPSA) is 62.3 Å². The quantitative estimate of drug-likeness (QED) is 0.592. The van der Waals surface area contributed by atoms with Gasteiger partial charge in [0.15, 0.2) is 0 Å². The van der Waals surface area contributed by atoms with E-state index in [1.807, 2.05) is 26.0 Å². The summed E-state index contributed by atoms with van der Waals surface area (Å²) in [5.74, 6) is -0.272. The summed E-state index contributed by atoms with van der Waals surface area (Å²) in [6.07, 6.45) is 0.991. The van der Waals surface area contributed by atoms with Crippen LogP contribution in [0.25, 0.3) is 10.6 Å². The maximum atomic E-state index is 12.5. The van der Waals surface area contributed by atoms with Crippen molar-refractivity contribution in [2.45, 2.75) is 27.2 Å². The Balaban J connectivity index is 1.67. The van der Waals surface area contributed by atoms with Crippen molar-refractivity contribution in [1.82, 2.24) is 9.88 Å². The first-order valence-corrected chi connectivity index (χ1v) is 10.7. The number of nitrogens with zero attached hydrogens (tertiary/aromatic N) is 2. The highest BCUT2D eigenvalue weighted by atomic mass is 32.1. The van der Waals surface area contributed by atoms with Crippen molar-refractivity contribution in [3.05, 3.63) is 70.7 Å². The van der Waals surface area contributed by atoms with Crippen LogP contribution in [0.5, 0.6) is 0 Å². The van der Waals surface area contributed by atoms with Gasteiger partial charge in [-0.05, 0) is 50.1 Å². The number of amides is 2. The summed E-state index contributed by atoms with van der Waals surface area (Å²) < 4.78 is 0. The Morgan fingerprint density at radius 1 is 0.966 bits per heavy atom. The molecule has 0 fully saturated rings. The van der Waals surface area contributed by atoms with Crippen LogP contribution < -0.4 is 5.32 Å². The van der Waals surface area contributed by atoms with E-state index in [2.05, 4.69) is 29.4 Å². The molecule has 0 aliphatic heterocycles. The average molecular weight is 408 g/mol. The summed E-state index contributed by atoms with van der Waals surface area (Å²) >= 11 is 1.45. The summed E-state index contributed by atoms with van der Waals surface area (Å²) in [6, 6.07) is 15.2. The number of anilines is 1. The van der Waals surface area contributed by atoms with Gasteiger partial charge in [0.1, 0.15) is 10.7 Å². The van der Waals surface area contributed by atoms with Gasteiger partial charge in [-0.15, -0.1) is 11.3 Å². The second-order valence-electron chi connectivity index (χ2n) is 6.60. The SMILES string of the molecule is CCc1ccc(-c2nc(C(=O)Nc3ccc(C(=O)N(CC)CC)cc3)cs2)cc1. The van der Waals surface area contributed by atoms with E-state index < -0.39 is 0 Å². The van der Waals surface area contributed by atoms with Crippen LogP contribution in [0.2, 0.25) is 0 Å². The van der Waals surface area contributed by atoms with Crippen molar-refractivity contribution in [3.63, 3.8) is 0 Å². The number of thiazole rings is 1. The molecule has 0 atom stereocenters. The minimum Gasteiger partial charge on any atom is -0.339 e. The first kappa shape index (κ1) is 20.7. The van der Waals surface area contributed by atoms with Gasteiger partial charge >= 0.3 is 0 Å². The largest absolute Gasteiger partial charge is 0.339 e. The molecule has 3 rings (SSSR count). The number of benzene rings is 2. The second-order valence-corrected chi connectivity index (χ2v) is 7.46. The van der Waals surface area contributed by atoms with Gasteiger partial charge in [0.05, 0.1) is 0 Å². The molecule has 150 valence electrons. The lowest BCUT2D eigenvalue weighted by molar-refractivity contribution is 0.0773. The van der Waals surface area contributed by atoms with E-state index in [1.165, 1.54) is 16.9 Å². The molecule has 2 aromatic carbocycles. The third-order valence-electron chi connectivity index (χ3n) is 4.79. The standard InChI is InChI=1S/C23H25N3O2S/c1-4-16-7-9-17(10-8-16)22-25-20(15-29-22)21(27)24-19-13-11-18(12-14-19)23(28)26(5-2)6-3/h7-15H,4-6H2,1-3H3,(H,24,27). The first-order valence-electron chi connectivity index (χ1n) is 9.81. The van der Waals surface area contributed by atoms with E-state index in [0.717, 1.165) is 17.0 Å². The van der Waals surface area contributed by atoms with E-state index >= 15 is 0 Å². The van der Waals surface area contributed by atoms with E-state index in [9.17, 15) is 9.59 Å². The molecule has 0 saturated heterocycles. The second kappa shape index (κ2) is 9.47. The fraction of sp³-hybridized carbons (Fsp3) is 0.261. The molecule has 3 aromatic rings. The molecule has 1 heterocycles. The zero-order chi connectivity index (χ0) is 20.8. The van der Waals surface area contributed by atoms with Crippen molar-refractivity contribution >= 4 is 28.8 Å². The molecule has 0 aliphatic carbocycles. The molecular formula is C23H25N3O2S. The Labute approximate surface area is 175 Å². The summed E-state index contributed by atoms with van der Waals surface area (Å²) in [5.41, 5.74) is 3.90. The molecular weight excluding hydrogens is 382 g/mol. The number of carbonyl (C=O) groups excluding carboxylic acids is 2. The number of hydrogen-bond acceptors (Lipinski definition) is 4. The third-order valence-corrected chi connectivity index (χ3v) is 5.68. The van der Waals surface area contributed by atoms with Gasteiger partial charge in [0, 0.05) is 35.3 Å². The number of aromatic nitrogens is 1. The van der Waals surface area contributed by atoms with Crippen LogP contribution in [0.1, 0.15) is 47.2 Å². The van der Waals surface area contributed by atoms with Crippen LogP contribution in [0.15, 0.2) is 53.9 Å². The lowest BCUT2D eigenvalue weighted by Crippen LogP contribution is -2.30. The highest BCUT2D eigenvalue weighted by molar-refractivity contribution is 7.13. The fourth-order valence-electron chi connectivity index (χ4n) is 2.98. The number of nitrogens with one attached hydrogen (secondary N) is 1. The van der Waals surface area contributed by atoms with Crippen LogP contribution in [0.3, 0.4) is 0 Å². The van der Waals surface area contributed by atoms with Gasteiger partial charge in [-0.3, -0.25) is 9.59 Å². The summed E-state index contributed by atoms with van der Waals surface area (Å²) in [6.45, 7) is 7.36. The minimum absolute atomic E-state index is 0.00823. The predicted molar refractivity (Wildman–Crippen MR) is 119 cm³/mol. The summed E-state index contributed by atoms with van der Waals surface area (Å²) in [7, 11) is 0. The van der Waals surface area contributed by atoms with Gasteiger partial charge in [-0.25, -0.2) is 4.98 Å². The van der Waals surface area contributed by atoms with Crippen LogP contribution in [-0.4, -0.2) is 34.8 Å². The molecule has 0 spiro atoms. The lowest BCUT2D eigenvalue weighted by Gasteiger charge is -2.18. The smallest absolute Gasteiger partial charge is 0.275 e. The Bertz CT molecular complexity index is 974. The Hall–Kier alpha value is -2.99. The molecule has 0 radical (unpaired) electrons. The summed E-state index contributed by atoms with van der Waals surface area (Å²) in [4.78, 5) is 31.1. The highest BCUT2D eigenvalue weighted by Gasteiger charge is 2.14. The number of aryl methyl sites for hydroxylation is 1. The Kier molecular flexibility index (Phi) is 6.77. The van der Waals surface area contributed by atoms with E-state index in [0.29, 0.717) is 30.0 Å². The van der Waals surface area contributed by atoms with Gasteiger partial charge in [0.25, 0.3) is 11.8 Å². The lowest BCUT2D eigenvalue weighted by atomic mass is 10.1. The van der Waals surface area contributed by atoms with Crippen molar-refractivity contribution in [2.75, 3.05) is 18.4 Å². The molecule has 1 aromatic heterocycles. The molecule has 0 unspecified atom stereocenters. The average Bonchev–Trinajstić information content (AvgIpc) is 3.25. The monoisotopic (exact) mass is 407 g/mol. The zero-order valence-electron chi connectivity index (χ0n) is 16.9. The number of carbonyl (C=O) groups is 2. The summed E-state index contributed by atoms with van der Waals surface area (Å²) in [5, 5.41) is 5.42. The molecule has 6 heteroatoms. The van der Waals surface area contributed by atoms with Gasteiger partial charge in [-0.1, -0.05) is 31.2 Å². The van der Waals surface area contributed by atoms with Crippen LogP contribution in [0, 0.1) is 0 Å². The van der Waals surface area contributed by atoms with Gasteiger partial charge < -0.3 is 10.2 Å². The van der Waals surface area contributed by atoms with E-state index in [-0.39, 0.29) is 11.8 Å². The molecule has 29 heavy (non-hydrogen) atoms. The van der Waals surface area contributed by atoms with Crippen molar-refractivity contribution in [1.29, 1.82) is 0 Å². The molecule has 5 nitrogen and oxygen atoms in total. The first-order chi connectivity index (χ1) is 14.0. The minimum atomic E-state index is -0.263.